The summed E-state index contributed by atoms with van der Waals surface area (Å²) in [6.45, 7) is 8.95. The van der Waals surface area contributed by atoms with Crippen LogP contribution in [0.5, 0.6) is 0 Å². The predicted octanol–water partition coefficient (Wildman–Crippen LogP) is 4.17. The van der Waals surface area contributed by atoms with Crippen molar-refractivity contribution in [1.29, 1.82) is 0 Å². The van der Waals surface area contributed by atoms with Crippen LogP contribution in [0.3, 0.4) is 0 Å². The Labute approximate surface area is 194 Å². The van der Waals surface area contributed by atoms with Gasteiger partial charge in [0.05, 0.1) is 0 Å². The number of fused-ring (bicyclic) bond motifs is 3. The minimum Gasteiger partial charge on any atom is -0.480 e. The molecule has 0 saturated carbocycles. The van der Waals surface area contributed by atoms with Crippen molar-refractivity contribution in [2.45, 2.75) is 52.6 Å². The Hall–Kier alpha value is -3.35. The SMILES string of the molecule is CC(C)[C@@H](NC(=O)[C@@H](NC(=O)OCC1c2ccccc2-c2ccccc21)C(C)(C)C)C(=O)O. The number of carbonyl (C=O) groups is 3. The number of carbonyl (C=O) groups excluding carboxylic acids is 2. The maximum atomic E-state index is 12.9. The van der Waals surface area contributed by atoms with Crippen LogP contribution in [0.15, 0.2) is 48.5 Å². The van der Waals surface area contributed by atoms with E-state index in [1.54, 1.807) is 34.6 Å². The number of nitrogens with one attached hydrogen (secondary N) is 2. The molecule has 0 fully saturated rings. The summed E-state index contributed by atoms with van der Waals surface area (Å²) in [7, 11) is 0. The van der Waals surface area contributed by atoms with Gasteiger partial charge >= 0.3 is 12.1 Å². The van der Waals surface area contributed by atoms with Gasteiger partial charge in [0.25, 0.3) is 0 Å². The van der Waals surface area contributed by atoms with Crippen molar-refractivity contribution in [2.24, 2.45) is 11.3 Å². The minimum absolute atomic E-state index is 0.0950. The number of aliphatic carboxylic acids is 1. The first-order valence-electron chi connectivity index (χ1n) is 11.2. The van der Waals surface area contributed by atoms with Crippen LogP contribution in [0.4, 0.5) is 4.79 Å². The molecule has 176 valence electrons. The van der Waals surface area contributed by atoms with E-state index in [1.165, 1.54) is 0 Å². The van der Waals surface area contributed by atoms with Crippen molar-refractivity contribution in [3.8, 4) is 11.1 Å². The third-order valence-electron chi connectivity index (χ3n) is 5.96. The van der Waals surface area contributed by atoms with E-state index >= 15 is 0 Å². The molecule has 0 aliphatic heterocycles. The van der Waals surface area contributed by atoms with Crippen molar-refractivity contribution in [3.63, 3.8) is 0 Å². The van der Waals surface area contributed by atoms with Crippen molar-refractivity contribution in [1.82, 2.24) is 10.6 Å². The highest BCUT2D eigenvalue weighted by Gasteiger charge is 2.36. The minimum atomic E-state index is -1.12. The van der Waals surface area contributed by atoms with Gasteiger partial charge in [-0.2, -0.15) is 0 Å². The summed E-state index contributed by atoms with van der Waals surface area (Å²) in [6, 6.07) is 14.1. The molecule has 0 heterocycles. The van der Waals surface area contributed by atoms with E-state index in [1.807, 2.05) is 36.4 Å². The first kappa shape index (κ1) is 24.3. The Bertz CT molecular complexity index is 995. The second-order valence-corrected chi connectivity index (χ2v) is 9.84. The fraction of sp³-hybridized carbons (Fsp3) is 0.423. The molecule has 1 aliphatic rings. The van der Waals surface area contributed by atoms with Crippen molar-refractivity contribution in [2.75, 3.05) is 6.61 Å². The molecule has 3 N–H and O–H groups in total. The van der Waals surface area contributed by atoms with Crippen molar-refractivity contribution in [3.05, 3.63) is 59.7 Å². The summed E-state index contributed by atoms with van der Waals surface area (Å²) in [5.74, 6) is -2.08. The lowest BCUT2D eigenvalue weighted by Gasteiger charge is -2.31. The number of hydrogen-bond donors (Lipinski definition) is 3. The van der Waals surface area contributed by atoms with Crippen LogP contribution in [-0.2, 0) is 14.3 Å². The molecule has 1 aliphatic carbocycles. The maximum Gasteiger partial charge on any atom is 0.407 e. The largest absolute Gasteiger partial charge is 0.480 e. The van der Waals surface area contributed by atoms with Crippen LogP contribution in [0.25, 0.3) is 11.1 Å². The Morgan fingerprint density at radius 3 is 1.91 bits per heavy atom. The fourth-order valence-corrected chi connectivity index (χ4v) is 4.18. The van der Waals surface area contributed by atoms with Gasteiger partial charge in [0, 0.05) is 5.92 Å². The van der Waals surface area contributed by atoms with Crippen molar-refractivity contribution >= 4 is 18.0 Å². The van der Waals surface area contributed by atoms with Gasteiger partial charge in [-0.15, -0.1) is 0 Å². The van der Waals surface area contributed by atoms with Gasteiger partial charge in [-0.25, -0.2) is 9.59 Å². The quantitative estimate of drug-likeness (QED) is 0.585. The monoisotopic (exact) mass is 452 g/mol. The maximum absolute atomic E-state index is 12.9. The lowest BCUT2D eigenvalue weighted by atomic mass is 9.86. The van der Waals surface area contributed by atoms with E-state index < -0.39 is 35.5 Å². The summed E-state index contributed by atoms with van der Waals surface area (Å²) < 4.78 is 5.57. The molecule has 0 bridgehead atoms. The van der Waals surface area contributed by atoms with Gasteiger partial charge in [0.15, 0.2) is 0 Å². The van der Waals surface area contributed by atoms with E-state index in [9.17, 15) is 19.5 Å². The van der Waals surface area contributed by atoms with Gasteiger partial charge < -0.3 is 20.5 Å². The highest BCUT2D eigenvalue weighted by atomic mass is 16.5. The number of benzene rings is 2. The number of ether oxygens (including phenoxy) is 1. The van der Waals surface area contributed by atoms with Gasteiger partial charge in [-0.05, 0) is 33.6 Å². The third-order valence-corrected chi connectivity index (χ3v) is 5.96. The Morgan fingerprint density at radius 2 is 1.45 bits per heavy atom. The Balaban J connectivity index is 1.71. The standard InChI is InChI=1S/C26H32N2O5/c1-15(2)21(24(30)31)27-23(29)22(26(3,4)5)28-25(32)33-14-20-18-12-8-6-10-16(18)17-11-7-9-13-19(17)20/h6-13,15,20-22H,14H2,1-5H3,(H,27,29)(H,28,32)(H,30,31)/t21-,22-/m1/s1. The molecule has 0 aromatic heterocycles. The lowest BCUT2D eigenvalue weighted by Crippen LogP contribution is -2.57. The molecule has 0 unspecified atom stereocenters. The van der Waals surface area contributed by atoms with Crippen LogP contribution in [0.1, 0.15) is 51.7 Å². The topological polar surface area (TPSA) is 105 Å². The summed E-state index contributed by atoms with van der Waals surface area (Å²) in [6.07, 6.45) is -0.719. The van der Waals surface area contributed by atoms with Crippen molar-refractivity contribution < 1.29 is 24.2 Å². The van der Waals surface area contributed by atoms with E-state index in [-0.39, 0.29) is 18.4 Å². The average Bonchev–Trinajstić information content (AvgIpc) is 3.06. The molecular formula is C26H32N2O5. The molecule has 33 heavy (non-hydrogen) atoms. The number of amides is 2. The van der Waals surface area contributed by atoms with Gasteiger partial charge in [0.1, 0.15) is 18.7 Å². The zero-order valence-corrected chi connectivity index (χ0v) is 19.7. The fourth-order valence-electron chi connectivity index (χ4n) is 4.18. The molecule has 7 nitrogen and oxygen atoms in total. The van der Waals surface area contributed by atoms with Crippen LogP contribution in [-0.4, -0.2) is 41.8 Å². The van der Waals surface area contributed by atoms with Gasteiger partial charge in [-0.3, -0.25) is 4.79 Å². The van der Waals surface area contributed by atoms with Gasteiger partial charge in [0.2, 0.25) is 5.91 Å². The van der Waals surface area contributed by atoms with Crippen LogP contribution >= 0.6 is 0 Å². The van der Waals surface area contributed by atoms with Crippen LogP contribution in [0.2, 0.25) is 0 Å². The number of hydrogen-bond acceptors (Lipinski definition) is 4. The molecule has 2 atom stereocenters. The molecule has 2 amide bonds. The number of rotatable bonds is 7. The molecule has 2 aromatic rings. The smallest absolute Gasteiger partial charge is 0.407 e. The lowest BCUT2D eigenvalue weighted by molar-refractivity contribution is -0.143. The zero-order valence-electron chi connectivity index (χ0n) is 19.7. The summed E-state index contributed by atoms with van der Waals surface area (Å²) in [5, 5.41) is 14.6. The average molecular weight is 453 g/mol. The van der Waals surface area contributed by atoms with Crippen LogP contribution < -0.4 is 10.6 Å². The summed E-state index contributed by atoms with van der Waals surface area (Å²) in [5.41, 5.74) is 3.79. The van der Waals surface area contributed by atoms with E-state index in [2.05, 4.69) is 22.8 Å². The van der Waals surface area contributed by atoms with E-state index in [4.69, 9.17) is 4.74 Å². The number of alkyl carbamates (subject to hydrolysis) is 1. The molecule has 0 spiro atoms. The molecular weight excluding hydrogens is 420 g/mol. The summed E-state index contributed by atoms with van der Waals surface area (Å²) >= 11 is 0. The van der Waals surface area contributed by atoms with Gasteiger partial charge in [-0.1, -0.05) is 83.1 Å². The Kier molecular flexibility index (Phi) is 7.10. The molecule has 7 heteroatoms. The highest BCUT2D eigenvalue weighted by Crippen LogP contribution is 2.44. The number of carboxylic acid groups (broad SMARTS) is 1. The molecule has 0 radical (unpaired) electrons. The predicted molar refractivity (Wildman–Crippen MR) is 126 cm³/mol. The summed E-state index contributed by atoms with van der Waals surface area (Å²) in [4.78, 5) is 37.1. The first-order valence-corrected chi connectivity index (χ1v) is 11.2. The second kappa shape index (κ2) is 9.65. The number of carboxylic acids is 1. The van der Waals surface area contributed by atoms with E-state index in [0.717, 1.165) is 22.3 Å². The van der Waals surface area contributed by atoms with E-state index in [0.29, 0.717) is 0 Å². The Morgan fingerprint density at radius 1 is 0.939 bits per heavy atom. The zero-order chi connectivity index (χ0) is 24.3. The normalized spacial score (nSPS) is 14.7. The third kappa shape index (κ3) is 5.35. The highest BCUT2D eigenvalue weighted by molar-refractivity contribution is 5.90. The molecule has 2 aromatic carbocycles. The molecule has 0 saturated heterocycles. The molecule has 3 rings (SSSR count). The first-order chi connectivity index (χ1) is 15.5. The van der Waals surface area contributed by atoms with Crippen LogP contribution in [0, 0.1) is 11.3 Å². The second-order valence-electron chi connectivity index (χ2n) is 9.84.